The van der Waals surface area contributed by atoms with Crippen molar-refractivity contribution in [1.29, 1.82) is 0 Å². The lowest BCUT2D eigenvalue weighted by Gasteiger charge is -2.25. The van der Waals surface area contributed by atoms with Gasteiger partial charge in [-0.3, -0.25) is 4.99 Å². The maximum absolute atomic E-state index is 5.84. The highest BCUT2D eigenvalue weighted by Gasteiger charge is 2.42. The van der Waals surface area contributed by atoms with Crippen molar-refractivity contribution in [3.8, 4) is 5.75 Å². The molecular formula is C19H29N3O2. The fourth-order valence-electron chi connectivity index (χ4n) is 3.59. The van der Waals surface area contributed by atoms with Gasteiger partial charge in [0.25, 0.3) is 0 Å². The SMILES string of the molecule is CN=C(NCCCOc1ccccc1C)N1CCC2(CCOC2)C1. The molecule has 0 aliphatic carbocycles. The van der Waals surface area contributed by atoms with Crippen molar-refractivity contribution < 1.29 is 9.47 Å². The van der Waals surface area contributed by atoms with Gasteiger partial charge in [-0.05, 0) is 37.8 Å². The largest absolute Gasteiger partial charge is 0.493 e. The van der Waals surface area contributed by atoms with Crippen LogP contribution in [0.15, 0.2) is 29.3 Å². The van der Waals surface area contributed by atoms with Gasteiger partial charge in [0.15, 0.2) is 5.96 Å². The summed E-state index contributed by atoms with van der Waals surface area (Å²) in [5.74, 6) is 1.99. The van der Waals surface area contributed by atoms with Gasteiger partial charge in [-0.1, -0.05) is 18.2 Å². The number of likely N-dealkylation sites (tertiary alicyclic amines) is 1. The number of benzene rings is 1. The monoisotopic (exact) mass is 331 g/mol. The molecule has 0 bridgehead atoms. The summed E-state index contributed by atoms with van der Waals surface area (Å²) >= 11 is 0. The summed E-state index contributed by atoms with van der Waals surface area (Å²) in [5, 5.41) is 3.47. The van der Waals surface area contributed by atoms with Crippen molar-refractivity contribution in [3.05, 3.63) is 29.8 Å². The Morgan fingerprint density at radius 2 is 2.25 bits per heavy atom. The number of aliphatic imine (C=N–C) groups is 1. The number of ether oxygens (including phenoxy) is 2. The van der Waals surface area contributed by atoms with Crippen LogP contribution in [0.2, 0.25) is 0 Å². The van der Waals surface area contributed by atoms with E-state index in [0.29, 0.717) is 12.0 Å². The summed E-state index contributed by atoms with van der Waals surface area (Å²) in [6.07, 6.45) is 3.35. The molecule has 5 nitrogen and oxygen atoms in total. The maximum atomic E-state index is 5.84. The normalized spacial score (nSPS) is 23.9. The lowest BCUT2D eigenvalue weighted by Crippen LogP contribution is -2.42. The smallest absolute Gasteiger partial charge is 0.193 e. The third-order valence-corrected chi connectivity index (χ3v) is 5.09. The van der Waals surface area contributed by atoms with Crippen LogP contribution >= 0.6 is 0 Å². The second kappa shape index (κ2) is 7.88. The standard InChI is InChI=1S/C19H29N3O2/c1-16-6-3-4-7-17(16)24-12-5-10-21-18(20-2)22-11-8-19(14-22)9-13-23-15-19/h3-4,6-7H,5,8-15H2,1-2H3,(H,20,21). The van der Waals surface area contributed by atoms with Gasteiger partial charge in [0, 0.05) is 38.7 Å². The predicted octanol–water partition coefficient (Wildman–Crippen LogP) is 2.45. The van der Waals surface area contributed by atoms with Crippen molar-refractivity contribution >= 4 is 5.96 Å². The first kappa shape index (κ1) is 17.1. The van der Waals surface area contributed by atoms with Crippen molar-refractivity contribution in [1.82, 2.24) is 10.2 Å². The maximum Gasteiger partial charge on any atom is 0.193 e. The van der Waals surface area contributed by atoms with E-state index in [9.17, 15) is 0 Å². The number of hydrogen-bond donors (Lipinski definition) is 1. The molecule has 1 aromatic rings. The van der Waals surface area contributed by atoms with E-state index in [1.54, 1.807) is 0 Å². The number of nitrogens with one attached hydrogen (secondary N) is 1. The van der Waals surface area contributed by atoms with E-state index in [1.165, 1.54) is 18.4 Å². The first-order valence-electron chi connectivity index (χ1n) is 8.94. The van der Waals surface area contributed by atoms with Crippen molar-refractivity contribution in [2.75, 3.05) is 46.5 Å². The average Bonchev–Trinajstić information content (AvgIpc) is 3.23. The molecule has 2 fully saturated rings. The fraction of sp³-hybridized carbons (Fsp3) is 0.632. The molecule has 1 spiro atoms. The minimum absolute atomic E-state index is 0.367. The number of nitrogens with zero attached hydrogens (tertiary/aromatic N) is 2. The van der Waals surface area contributed by atoms with Crippen LogP contribution in [-0.4, -0.2) is 57.4 Å². The predicted molar refractivity (Wildman–Crippen MR) is 96.7 cm³/mol. The molecule has 1 atom stereocenters. The highest BCUT2D eigenvalue weighted by molar-refractivity contribution is 5.80. The number of para-hydroxylation sites is 1. The van der Waals surface area contributed by atoms with Crippen LogP contribution in [-0.2, 0) is 4.74 Å². The zero-order valence-electron chi connectivity index (χ0n) is 14.9. The number of guanidine groups is 1. The minimum atomic E-state index is 0.367. The number of rotatable bonds is 5. The first-order chi connectivity index (χ1) is 11.7. The summed E-state index contributed by atoms with van der Waals surface area (Å²) in [6, 6.07) is 8.14. The van der Waals surface area contributed by atoms with Gasteiger partial charge >= 0.3 is 0 Å². The van der Waals surface area contributed by atoms with E-state index in [4.69, 9.17) is 9.47 Å². The van der Waals surface area contributed by atoms with Crippen LogP contribution in [0, 0.1) is 12.3 Å². The average molecular weight is 331 g/mol. The third-order valence-electron chi connectivity index (χ3n) is 5.09. The van der Waals surface area contributed by atoms with Gasteiger partial charge in [-0.25, -0.2) is 0 Å². The van der Waals surface area contributed by atoms with Gasteiger partial charge in [-0.2, -0.15) is 0 Å². The van der Waals surface area contributed by atoms with Gasteiger partial charge in [0.05, 0.1) is 13.2 Å². The Labute approximate surface area is 145 Å². The van der Waals surface area contributed by atoms with E-state index in [1.807, 2.05) is 25.2 Å². The summed E-state index contributed by atoms with van der Waals surface area (Å²) in [4.78, 5) is 6.82. The van der Waals surface area contributed by atoms with Crippen molar-refractivity contribution in [2.24, 2.45) is 10.4 Å². The Hall–Kier alpha value is -1.75. The molecule has 0 aromatic heterocycles. The molecule has 0 radical (unpaired) electrons. The van der Waals surface area contributed by atoms with Crippen LogP contribution in [0.3, 0.4) is 0 Å². The Kier molecular flexibility index (Phi) is 5.61. The second-order valence-corrected chi connectivity index (χ2v) is 6.92. The second-order valence-electron chi connectivity index (χ2n) is 6.92. The van der Waals surface area contributed by atoms with Gasteiger partial charge < -0.3 is 19.7 Å². The molecule has 2 saturated heterocycles. The molecule has 2 aliphatic heterocycles. The van der Waals surface area contributed by atoms with E-state index in [0.717, 1.165) is 51.0 Å². The summed E-state index contributed by atoms with van der Waals surface area (Å²) in [6.45, 7) is 7.62. The molecule has 1 aromatic carbocycles. The van der Waals surface area contributed by atoms with Crippen molar-refractivity contribution in [3.63, 3.8) is 0 Å². The van der Waals surface area contributed by atoms with Crippen LogP contribution < -0.4 is 10.1 Å². The van der Waals surface area contributed by atoms with Crippen LogP contribution in [0.5, 0.6) is 5.75 Å². The number of aryl methyl sites for hydroxylation is 1. The van der Waals surface area contributed by atoms with Gasteiger partial charge in [0.2, 0.25) is 0 Å². The highest BCUT2D eigenvalue weighted by Crippen LogP contribution is 2.38. The topological polar surface area (TPSA) is 46.1 Å². The minimum Gasteiger partial charge on any atom is -0.493 e. The van der Waals surface area contributed by atoms with E-state index in [2.05, 4.69) is 28.2 Å². The van der Waals surface area contributed by atoms with Crippen LogP contribution in [0.25, 0.3) is 0 Å². The molecule has 132 valence electrons. The summed E-state index contributed by atoms with van der Waals surface area (Å²) < 4.78 is 11.4. The molecule has 1 unspecified atom stereocenters. The Morgan fingerprint density at radius 3 is 3.00 bits per heavy atom. The van der Waals surface area contributed by atoms with Crippen molar-refractivity contribution in [2.45, 2.75) is 26.2 Å². The summed E-state index contributed by atoms with van der Waals surface area (Å²) in [5.41, 5.74) is 1.55. The molecule has 1 N–H and O–H groups in total. The van der Waals surface area contributed by atoms with E-state index < -0.39 is 0 Å². The van der Waals surface area contributed by atoms with Crippen LogP contribution in [0.4, 0.5) is 0 Å². The van der Waals surface area contributed by atoms with Gasteiger partial charge in [-0.15, -0.1) is 0 Å². The van der Waals surface area contributed by atoms with Crippen LogP contribution in [0.1, 0.15) is 24.8 Å². The molecular weight excluding hydrogens is 302 g/mol. The zero-order valence-corrected chi connectivity index (χ0v) is 14.9. The molecule has 2 heterocycles. The molecule has 5 heteroatoms. The molecule has 0 amide bonds. The lowest BCUT2D eigenvalue weighted by molar-refractivity contribution is 0.156. The lowest BCUT2D eigenvalue weighted by atomic mass is 9.87. The molecule has 3 rings (SSSR count). The van der Waals surface area contributed by atoms with Gasteiger partial charge in [0.1, 0.15) is 5.75 Å². The first-order valence-corrected chi connectivity index (χ1v) is 8.94. The Balaban J connectivity index is 1.38. The molecule has 24 heavy (non-hydrogen) atoms. The third kappa shape index (κ3) is 4.01. The fourth-order valence-corrected chi connectivity index (χ4v) is 3.59. The quantitative estimate of drug-likeness (QED) is 0.511. The van der Waals surface area contributed by atoms with E-state index in [-0.39, 0.29) is 0 Å². The number of hydrogen-bond acceptors (Lipinski definition) is 3. The highest BCUT2D eigenvalue weighted by atomic mass is 16.5. The summed E-state index contributed by atoms with van der Waals surface area (Å²) in [7, 11) is 1.86. The molecule has 0 saturated carbocycles. The zero-order chi connectivity index (χ0) is 16.8. The molecule has 2 aliphatic rings. The Morgan fingerprint density at radius 1 is 1.38 bits per heavy atom. The van der Waals surface area contributed by atoms with E-state index >= 15 is 0 Å². The Bertz CT molecular complexity index is 567.